The minimum Gasteiger partial charge on any atom is -0.468 e. The van der Waals surface area contributed by atoms with Crippen LogP contribution in [0.25, 0.3) is 0 Å². The molecule has 1 N–H and O–H groups in total. The summed E-state index contributed by atoms with van der Waals surface area (Å²) in [5.74, 6) is 0.846. The molecule has 1 atom stereocenters. The molecule has 0 spiro atoms. The first kappa shape index (κ1) is 16.3. The first-order chi connectivity index (χ1) is 9.99. The topological polar surface area (TPSA) is 38.3 Å². The van der Waals surface area contributed by atoms with Crippen molar-refractivity contribution in [1.29, 1.82) is 0 Å². The highest BCUT2D eigenvalue weighted by Gasteiger charge is 2.33. The first-order valence-corrected chi connectivity index (χ1v) is 7.96. The second kappa shape index (κ2) is 7.28. The van der Waals surface area contributed by atoms with Gasteiger partial charge in [-0.25, -0.2) is 0 Å². The molecule has 1 aliphatic carbocycles. The van der Waals surface area contributed by atoms with Crippen molar-refractivity contribution in [1.82, 2.24) is 5.32 Å². The molecule has 2 rings (SSSR count). The maximum Gasteiger partial charge on any atom is 0.322 e. The molecular formula is C17H24ClNO2. The molecule has 3 nitrogen and oxygen atoms in total. The summed E-state index contributed by atoms with van der Waals surface area (Å²) in [4.78, 5) is 11.8. The number of rotatable bonds is 6. The molecule has 0 heterocycles. The Bertz CT molecular complexity index is 483. The van der Waals surface area contributed by atoms with E-state index in [2.05, 4.69) is 25.2 Å². The normalized spacial score (nSPS) is 22.7. The molecule has 1 unspecified atom stereocenters. The van der Waals surface area contributed by atoms with Crippen LogP contribution in [0.4, 0.5) is 0 Å². The average Bonchev–Trinajstić information content (AvgIpc) is 2.39. The fourth-order valence-electron chi connectivity index (χ4n) is 2.92. The number of esters is 1. The minimum absolute atomic E-state index is 0.157. The van der Waals surface area contributed by atoms with Crippen LogP contribution in [-0.2, 0) is 9.53 Å². The molecule has 1 aromatic carbocycles. The third-order valence-electron chi connectivity index (χ3n) is 4.09. The first-order valence-electron chi connectivity index (χ1n) is 7.59. The van der Waals surface area contributed by atoms with Crippen molar-refractivity contribution < 1.29 is 9.53 Å². The van der Waals surface area contributed by atoms with E-state index in [9.17, 15) is 4.79 Å². The minimum atomic E-state index is -0.194. The van der Waals surface area contributed by atoms with Crippen molar-refractivity contribution in [2.45, 2.75) is 51.1 Å². The van der Waals surface area contributed by atoms with Gasteiger partial charge in [0.15, 0.2) is 0 Å². The number of carbonyl (C=O) groups excluding carboxylic acids is 1. The van der Waals surface area contributed by atoms with E-state index >= 15 is 0 Å². The van der Waals surface area contributed by atoms with Crippen LogP contribution < -0.4 is 5.32 Å². The van der Waals surface area contributed by atoms with Crippen molar-refractivity contribution in [2.75, 3.05) is 7.11 Å². The Morgan fingerprint density at radius 2 is 2.14 bits per heavy atom. The average molecular weight is 310 g/mol. The lowest BCUT2D eigenvalue weighted by molar-refractivity contribution is -0.144. The maximum atomic E-state index is 11.8. The number of benzene rings is 1. The molecule has 1 aromatic rings. The third kappa shape index (κ3) is 4.45. The fourth-order valence-corrected chi connectivity index (χ4v) is 3.12. The van der Waals surface area contributed by atoms with Gasteiger partial charge in [-0.1, -0.05) is 37.6 Å². The molecule has 0 aromatic heterocycles. The summed E-state index contributed by atoms with van der Waals surface area (Å²) in [6.07, 6.45) is 2.91. The molecule has 0 radical (unpaired) electrons. The Morgan fingerprint density at radius 3 is 2.71 bits per heavy atom. The Labute approximate surface area is 132 Å². The lowest BCUT2D eigenvalue weighted by Crippen LogP contribution is -2.49. The van der Waals surface area contributed by atoms with Gasteiger partial charge >= 0.3 is 5.97 Å². The SMILES string of the molecule is COC(=O)C(CC(C)C)NC1CC(c2cccc(Cl)c2)C1. The molecular weight excluding hydrogens is 286 g/mol. The molecule has 21 heavy (non-hydrogen) atoms. The summed E-state index contributed by atoms with van der Waals surface area (Å²) < 4.78 is 4.89. The predicted octanol–water partition coefficient (Wildman–Crippen LogP) is 3.76. The Balaban J connectivity index is 1.87. The van der Waals surface area contributed by atoms with E-state index in [1.807, 2.05) is 18.2 Å². The van der Waals surface area contributed by atoms with Gasteiger partial charge in [0.05, 0.1) is 7.11 Å². The van der Waals surface area contributed by atoms with Gasteiger partial charge in [-0.05, 0) is 48.8 Å². The number of nitrogens with one attached hydrogen (secondary N) is 1. The highest BCUT2D eigenvalue weighted by atomic mass is 35.5. The monoisotopic (exact) mass is 309 g/mol. The molecule has 0 aliphatic heterocycles. The second-order valence-corrected chi connectivity index (χ2v) is 6.73. The standard InChI is InChI=1S/C17H24ClNO2/c1-11(2)7-16(17(20)21-3)19-15-9-13(10-15)12-5-4-6-14(18)8-12/h4-6,8,11,13,15-16,19H,7,9-10H2,1-3H3. The van der Waals surface area contributed by atoms with Crippen LogP contribution in [0.3, 0.4) is 0 Å². The van der Waals surface area contributed by atoms with Crippen molar-refractivity contribution in [3.8, 4) is 0 Å². The van der Waals surface area contributed by atoms with E-state index in [4.69, 9.17) is 16.3 Å². The third-order valence-corrected chi connectivity index (χ3v) is 4.32. The lowest BCUT2D eigenvalue weighted by atomic mass is 9.75. The molecule has 0 bridgehead atoms. The summed E-state index contributed by atoms with van der Waals surface area (Å²) in [7, 11) is 1.45. The van der Waals surface area contributed by atoms with Crippen molar-refractivity contribution in [3.63, 3.8) is 0 Å². The van der Waals surface area contributed by atoms with Crippen LogP contribution in [0.15, 0.2) is 24.3 Å². The van der Waals surface area contributed by atoms with Crippen LogP contribution in [0.1, 0.15) is 44.6 Å². The lowest BCUT2D eigenvalue weighted by Gasteiger charge is -2.38. The van der Waals surface area contributed by atoms with Crippen LogP contribution >= 0.6 is 11.6 Å². The van der Waals surface area contributed by atoms with Gasteiger partial charge in [0, 0.05) is 11.1 Å². The molecule has 116 valence electrons. The van der Waals surface area contributed by atoms with Gasteiger partial charge in [0.1, 0.15) is 6.04 Å². The second-order valence-electron chi connectivity index (χ2n) is 6.29. The number of halogens is 1. The largest absolute Gasteiger partial charge is 0.468 e. The van der Waals surface area contributed by atoms with Gasteiger partial charge in [-0.3, -0.25) is 4.79 Å². The molecule has 0 saturated heterocycles. The molecule has 4 heteroatoms. The van der Waals surface area contributed by atoms with E-state index in [1.165, 1.54) is 12.7 Å². The quantitative estimate of drug-likeness (QED) is 0.813. The summed E-state index contributed by atoms with van der Waals surface area (Å²) >= 11 is 6.03. The van der Waals surface area contributed by atoms with Crippen LogP contribution in [0.5, 0.6) is 0 Å². The van der Waals surface area contributed by atoms with Gasteiger partial charge in [-0.15, -0.1) is 0 Å². The Morgan fingerprint density at radius 1 is 1.43 bits per heavy atom. The van der Waals surface area contributed by atoms with Crippen molar-refractivity contribution in [3.05, 3.63) is 34.9 Å². The number of methoxy groups -OCH3 is 1. The zero-order valence-corrected chi connectivity index (χ0v) is 13.7. The van der Waals surface area contributed by atoms with Gasteiger partial charge < -0.3 is 10.1 Å². The molecule has 1 saturated carbocycles. The summed E-state index contributed by atoms with van der Waals surface area (Å²) in [6.45, 7) is 4.24. The highest BCUT2D eigenvalue weighted by Crippen LogP contribution is 2.38. The number of hydrogen-bond donors (Lipinski definition) is 1. The van der Waals surface area contributed by atoms with Crippen molar-refractivity contribution in [2.24, 2.45) is 5.92 Å². The zero-order valence-electron chi connectivity index (χ0n) is 12.9. The zero-order chi connectivity index (χ0) is 15.4. The Hall–Kier alpha value is -1.06. The van der Waals surface area contributed by atoms with E-state index in [1.54, 1.807) is 0 Å². The van der Waals surface area contributed by atoms with Gasteiger partial charge in [0.2, 0.25) is 0 Å². The molecule has 1 fully saturated rings. The van der Waals surface area contributed by atoms with E-state index in [-0.39, 0.29) is 12.0 Å². The van der Waals surface area contributed by atoms with E-state index in [0.29, 0.717) is 17.9 Å². The summed E-state index contributed by atoms with van der Waals surface area (Å²) in [5, 5.41) is 4.23. The Kier molecular flexibility index (Phi) is 5.65. The van der Waals surface area contributed by atoms with E-state index in [0.717, 1.165) is 24.3 Å². The predicted molar refractivity (Wildman–Crippen MR) is 85.6 cm³/mol. The number of hydrogen-bond acceptors (Lipinski definition) is 3. The van der Waals surface area contributed by atoms with Gasteiger partial charge in [-0.2, -0.15) is 0 Å². The maximum absolute atomic E-state index is 11.8. The molecule has 1 aliphatic rings. The highest BCUT2D eigenvalue weighted by molar-refractivity contribution is 6.30. The van der Waals surface area contributed by atoms with Crippen LogP contribution in [0, 0.1) is 5.92 Å². The smallest absolute Gasteiger partial charge is 0.322 e. The summed E-state index contributed by atoms with van der Waals surface area (Å²) in [5.41, 5.74) is 1.29. The summed E-state index contributed by atoms with van der Waals surface area (Å²) in [6, 6.07) is 8.24. The fraction of sp³-hybridized carbons (Fsp3) is 0.588. The van der Waals surface area contributed by atoms with Crippen LogP contribution in [0.2, 0.25) is 5.02 Å². The van der Waals surface area contributed by atoms with Crippen LogP contribution in [-0.4, -0.2) is 25.2 Å². The van der Waals surface area contributed by atoms with E-state index < -0.39 is 0 Å². The van der Waals surface area contributed by atoms with Crippen molar-refractivity contribution >= 4 is 17.6 Å². The van der Waals surface area contributed by atoms with Gasteiger partial charge in [0.25, 0.3) is 0 Å². The number of carbonyl (C=O) groups is 1. The number of ether oxygens (including phenoxy) is 1. The molecule has 0 amide bonds.